The van der Waals surface area contributed by atoms with Crippen molar-refractivity contribution in [3.05, 3.63) is 175 Å². The van der Waals surface area contributed by atoms with Gasteiger partial charge in [-0.05, 0) is 63.7 Å². The number of imidazole rings is 1. The second-order valence-corrected chi connectivity index (χ2v) is 13.8. The van der Waals surface area contributed by atoms with Crippen molar-refractivity contribution < 1.29 is 0 Å². The Labute approximate surface area is 291 Å². The lowest BCUT2D eigenvalue weighted by Crippen LogP contribution is -2.14. The molecule has 236 valence electrons. The third-order valence-corrected chi connectivity index (χ3v) is 10.6. The highest BCUT2D eigenvalue weighted by molar-refractivity contribution is 6.19. The molecule has 0 spiro atoms. The molecule has 0 unspecified atom stereocenters. The average molecular weight is 640 g/mol. The van der Waals surface area contributed by atoms with E-state index in [4.69, 9.17) is 9.97 Å². The molecule has 2 heterocycles. The van der Waals surface area contributed by atoms with Gasteiger partial charge in [-0.25, -0.2) is 9.97 Å². The Morgan fingerprint density at radius 3 is 1.90 bits per heavy atom. The Kier molecular flexibility index (Phi) is 6.22. The number of nitrogens with zero attached hydrogens (tertiary/aromatic N) is 3. The predicted molar refractivity (Wildman–Crippen MR) is 208 cm³/mol. The number of para-hydroxylation sites is 3. The number of pyridine rings is 1. The molecule has 0 saturated heterocycles. The highest BCUT2D eigenvalue weighted by Gasteiger charge is 2.36. The average Bonchev–Trinajstić information content (AvgIpc) is 3.68. The molecule has 3 heteroatoms. The molecule has 0 N–H and O–H groups in total. The van der Waals surface area contributed by atoms with Crippen LogP contribution in [0.25, 0.3) is 83.3 Å². The van der Waals surface area contributed by atoms with Crippen LogP contribution >= 0.6 is 0 Å². The second-order valence-electron chi connectivity index (χ2n) is 13.8. The number of benzene rings is 7. The van der Waals surface area contributed by atoms with E-state index in [0.29, 0.717) is 0 Å². The maximum atomic E-state index is 5.28. The summed E-state index contributed by atoms with van der Waals surface area (Å²) in [7, 11) is 0. The molecule has 0 bridgehead atoms. The molecule has 50 heavy (non-hydrogen) atoms. The molecular weight excluding hydrogens is 607 g/mol. The van der Waals surface area contributed by atoms with Gasteiger partial charge in [0, 0.05) is 38.4 Å². The fourth-order valence-electron chi connectivity index (χ4n) is 8.15. The number of hydrogen-bond donors (Lipinski definition) is 0. The summed E-state index contributed by atoms with van der Waals surface area (Å²) in [5.41, 5.74) is 15.1. The van der Waals surface area contributed by atoms with Gasteiger partial charge in [0.1, 0.15) is 5.82 Å². The van der Waals surface area contributed by atoms with Crippen molar-refractivity contribution in [3.8, 4) is 50.6 Å². The van der Waals surface area contributed by atoms with E-state index in [9.17, 15) is 0 Å². The first-order valence-electron chi connectivity index (χ1n) is 17.3. The Morgan fingerprint density at radius 1 is 0.460 bits per heavy atom. The predicted octanol–water partition coefficient (Wildman–Crippen LogP) is 12.0. The summed E-state index contributed by atoms with van der Waals surface area (Å²) < 4.78 is 2.25. The molecule has 0 radical (unpaired) electrons. The first-order valence-corrected chi connectivity index (χ1v) is 17.3. The van der Waals surface area contributed by atoms with E-state index < -0.39 is 0 Å². The summed E-state index contributed by atoms with van der Waals surface area (Å²) in [4.78, 5) is 10.3. The van der Waals surface area contributed by atoms with Gasteiger partial charge < -0.3 is 0 Å². The Hall–Kier alpha value is -6.32. The van der Waals surface area contributed by atoms with Gasteiger partial charge in [0.05, 0.1) is 22.2 Å². The van der Waals surface area contributed by atoms with E-state index in [1.54, 1.807) is 0 Å². The summed E-state index contributed by atoms with van der Waals surface area (Å²) in [6, 6.07) is 58.6. The topological polar surface area (TPSA) is 30.7 Å². The Balaban J connectivity index is 1.07. The zero-order valence-corrected chi connectivity index (χ0v) is 27.9. The van der Waals surface area contributed by atoms with Gasteiger partial charge in [-0.1, -0.05) is 147 Å². The number of hydrogen-bond acceptors (Lipinski definition) is 2. The van der Waals surface area contributed by atoms with Gasteiger partial charge in [0.15, 0.2) is 0 Å². The first-order chi connectivity index (χ1) is 24.6. The Bertz CT molecular complexity index is 2750. The molecule has 10 rings (SSSR count). The van der Waals surface area contributed by atoms with Crippen LogP contribution in [0.1, 0.15) is 25.0 Å². The van der Waals surface area contributed by atoms with Gasteiger partial charge in [-0.3, -0.25) is 4.57 Å². The molecular formula is C47H33N3. The molecule has 7 aromatic carbocycles. The van der Waals surface area contributed by atoms with Crippen molar-refractivity contribution in [3.63, 3.8) is 0 Å². The molecule has 1 aliphatic rings. The van der Waals surface area contributed by atoms with Gasteiger partial charge in [0.25, 0.3) is 0 Å². The normalized spacial score (nSPS) is 13.2. The minimum atomic E-state index is -0.0596. The molecule has 1 aliphatic carbocycles. The maximum Gasteiger partial charge on any atom is 0.145 e. The lowest BCUT2D eigenvalue weighted by atomic mass is 9.82. The van der Waals surface area contributed by atoms with Crippen molar-refractivity contribution in [2.75, 3.05) is 0 Å². The van der Waals surface area contributed by atoms with Gasteiger partial charge in [-0.2, -0.15) is 0 Å². The minimum Gasteiger partial charge on any atom is -0.292 e. The highest BCUT2D eigenvalue weighted by Crippen LogP contribution is 2.53. The van der Waals surface area contributed by atoms with Crippen molar-refractivity contribution in [1.82, 2.24) is 14.5 Å². The second kappa shape index (κ2) is 10.8. The quantitative estimate of drug-likeness (QED) is 0.179. The summed E-state index contributed by atoms with van der Waals surface area (Å²) in [6.07, 6.45) is 0. The van der Waals surface area contributed by atoms with Crippen molar-refractivity contribution in [1.29, 1.82) is 0 Å². The van der Waals surface area contributed by atoms with E-state index in [0.717, 1.165) is 44.9 Å². The third-order valence-electron chi connectivity index (χ3n) is 10.6. The molecule has 0 saturated carbocycles. The summed E-state index contributed by atoms with van der Waals surface area (Å²) in [5, 5.41) is 3.69. The van der Waals surface area contributed by atoms with E-state index in [-0.39, 0.29) is 5.41 Å². The van der Waals surface area contributed by atoms with E-state index in [2.05, 4.69) is 170 Å². The monoisotopic (exact) mass is 639 g/mol. The van der Waals surface area contributed by atoms with Crippen molar-refractivity contribution in [2.45, 2.75) is 19.3 Å². The van der Waals surface area contributed by atoms with Gasteiger partial charge in [0.2, 0.25) is 0 Å². The minimum absolute atomic E-state index is 0.0596. The lowest BCUT2D eigenvalue weighted by Gasteiger charge is -2.22. The molecule has 0 fully saturated rings. The molecule has 0 amide bonds. The van der Waals surface area contributed by atoms with Crippen LogP contribution in [0.5, 0.6) is 0 Å². The smallest absolute Gasteiger partial charge is 0.145 e. The molecule has 0 atom stereocenters. The zero-order valence-electron chi connectivity index (χ0n) is 27.9. The largest absolute Gasteiger partial charge is 0.292 e. The standard InChI is InChI=1S/C47H33N3/c1-47(2)38-16-8-6-14-35(38)44-39(47)29-28-37-43(44)36-15-7-9-17-40(36)48-45(37)32-22-20-30(21-23-32)31-24-26-34(27-25-31)50-42-19-11-10-18-41(42)49-46(50)33-12-4-3-5-13-33/h3-29H,1-2H3. The van der Waals surface area contributed by atoms with Crippen LogP contribution < -0.4 is 0 Å². The molecule has 0 aliphatic heterocycles. The highest BCUT2D eigenvalue weighted by atomic mass is 15.1. The molecule has 2 aromatic heterocycles. The fourth-order valence-corrected chi connectivity index (χ4v) is 8.15. The van der Waals surface area contributed by atoms with Crippen molar-refractivity contribution in [2.24, 2.45) is 0 Å². The summed E-state index contributed by atoms with van der Waals surface area (Å²) in [5.74, 6) is 0.941. The van der Waals surface area contributed by atoms with Crippen LogP contribution in [0, 0.1) is 0 Å². The zero-order chi connectivity index (χ0) is 33.4. The van der Waals surface area contributed by atoms with Gasteiger partial charge in [-0.15, -0.1) is 0 Å². The lowest BCUT2D eigenvalue weighted by molar-refractivity contribution is 0.661. The number of aromatic nitrogens is 3. The summed E-state index contributed by atoms with van der Waals surface area (Å²) in [6.45, 7) is 4.69. The van der Waals surface area contributed by atoms with Crippen LogP contribution in [-0.2, 0) is 5.41 Å². The van der Waals surface area contributed by atoms with Crippen LogP contribution in [0.4, 0.5) is 0 Å². The van der Waals surface area contributed by atoms with E-state index >= 15 is 0 Å². The molecule has 3 nitrogen and oxygen atoms in total. The molecule has 9 aromatic rings. The SMILES string of the molecule is CC1(C)c2ccccc2-c2c1ccc1c(-c3ccc(-c4ccc(-n5c(-c6ccccc6)nc6ccccc65)cc4)cc3)nc3ccccc3c21. The number of rotatable bonds is 4. The van der Waals surface area contributed by atoms with Crippen LogP contribution in [0.2, 0.25) is 0 Å². The van der Waals surface area contributed by atoms with E-state index in [1.165, 1.54) is 49.5 Å². The Morgan fingerprint density at radius 2 is 1.10 bits per heavy atom. The fraction of sp³-hybridized carbons (Fsp3) is 0.0638. The third kappa shape index (κ3) is 4.23. The number of fused-ring (bicyclic) bond motifs is 8. The van der Waals surface area contributed by atoms with E-state index in [1.807, 2.05) is 12.1 Å². The van der Waals surface area contributed by atoms with Crippen LogP contribution in [-0.4, -0.2) is 14.5 Å². The summed E-state index contributed by atoms with van der Waals surface area (Å²) >= 11 is 0. The van der Waals surface area contributed by atoms with Crippen molar-refractivity contribution >= 4 is 32.7 Å². The first kappa shape index (κ1) is 28.7. The van der Waals surface area contributed by atoms with Crippen LogP contribution in [0.3, 0.4) is 0 Å². The van der Waals surface area contributed by atoms with Crippen LogP contribution in [0.15, 0.2) is 164 Å². The maximum absolute atomic E-state index is 5.28. The van der Waals surface area contributed by atoms with Gasteiger partial charge >= 0.3 is 0 Å².